The normalized spacial score (nSPS) is 12.4. The monoisotopic (exact) mass is 350 g/mol. The summed E-state index contributed by atoms with van der Waals surface area (Å²) in [5, 5.41) is 0. The molecule has 2 rings (SSSR count). The van der Waals surface area contributed by atoms with Crippen LogP contribution in [0.15, 0.2) is 46.9 Å². The van der Waals surface area contributed by atoms with E-state index in [-0.39, 0.29) is 11.9 Å². The molecule has 112 valence electrons. The molecular weight excluding hydrogens is 331 g/mol. The van der Waals surface area contributed by atoms with Gasteiger partial charge in [-0.2, -0.15) is 0 Å². The van der Waals surface area contributed by atoms with E-state index in [4.69, 9.17) is 5.84 Å². The van der Waals surface area contributed by atoms with Crippen molar-refractivity contribution in [1.29, 1.82) is 0 Å². The number of benzene rings is 2. The predicted octanol–water partition coefficient (Wildman–Crippen LogP) is 3.90. The highest BCUT2D eigenvalue weighted by atomic mass is 79.9. The van der Waals surface area contributed by atoms with Crippen LogP contribution in [0.5, 0.6) is 0 Å². The van der Waals surface area contributed by atoms with E-state index in [1.54, 1.807) is 12.1 Å². The van der Waals surface area contributed by atoms with Crippen molar-refractivity contribution in [2.45, 2.75) is 32.2 Å². The van der Waals surface area contributed by atoms with Gasteiger partial charge in [0.2, 0.25) is 0 Å². The van der Waals surface area contributed by atoms with E-state index in [0.717, 1.165) is 22.9 Å². The summed E-state index contributed by atoms with van der Waals surface area (Å²) in [6.45, 7) is 2.08. The van der Waals surface area contributed by atoms with Gasteiger partial charge in [0.25, 0.3) is 0 Å². The Kier molecular flexibility index (Phi) is 5.91. The van der Waals surface area contributed by atoms with Gasteiger partial charge in [0.1, 0.15) is 5.82 Å². The molecule has 1 atom stereocenters. The van der Waals surface area contributed by atoms with Crippen LogP contribution in [0.2, 0.25) is 0 Å². The Labute approximate surface area is 133 Å². The minimum Gasteiger partial charge on any atom is -0.271 e. The zero-order valence-corrected chi connectivity index (χ0v) is 13.7. The Balaban J connectivity index is 1.96. The molecule has 4 heteroatoms. The number of rotatable bonds is 6. The number of hydrogen-bond donors (Lipinski definition) is 2. The molecule has 21 heavy (non-hydrogen) atoms. The first-order valence-electron chi connectivity index (χ1n) is 7.04. The summed E-state index contributed by atoms with van der Waals surface area (Å²) >= 11 is 3.46. The Morgan fingerprint density at radius 3 is 2.57 bits per heavy atom. The number of hydrogen-bond acceptors (Lipinski definition) is 2. The summed E-state index contributed by atoms with van der Waals surface area (Å²) in [5.74, 6) is 5.42. The molecular formula is C17H20BrFN2. The van der Waals surface area contributed by atoms with Gasteiger partial charge in [0.15, 0.2) is 0 Å². The Hall–Kier alpha value is -1.23. The summed E-state index contributed by atoms with van der Waals surface area (Å²) in [4.78, 5) is 0. The molecule has 0 aromatic heterocycles. The minimum atomic E-state index is -0.220. The molecule has 3 N–H and O–H groups in total. The van der Waals surface area contributed by atoms with Crippen LogP contribution in [0.25, 0.3) is 0 Å². The van der Waals surface area contributed by atoms with Crippen LogP contribution in [-0.4, -0.2) is 6.04 Å². The van der Waals surface area contributed by atoms with Crippen LogP contribution in [0.3, 0.4) is 0 Å². The third-order valence-corrected chi connectivity index (χ3v) is 4.39. The lowest BCUT2D eigenvalue weighted by atomic mass is 9.99. The Morgan fingerprint density at radius 2 is 1.90 bits per heavy atom. The van der Waals surface area contributed by atoms with E-state index in [9.17, 15) is 4.39 Å². The number of hydrazine groups is 1. The zero-order valence-electron chi connectivity index (χ0n) is 12.1. The van der Waals surface area contributed by atoms with Crippen molar-refractivity contribution >= 4 is 15.9 Å². The van der Waals surface area contributed by atoms with E-state index in [0.29, 0.717) is 6.42 Å². The topological polar surface area (TPSA) is 38.0 Å². The number of halogens is 2. The maximum Gasteiger partial charge on any atom is 0.123 e. The van der Waals surface area contributed by atoms with Crippen molar-refractivity contribution in [2.75, 3.05) is 0 Å². The fourth-order valence-electron chi connectivity index (χ4n) is 2.31. The molecule has 0 saturated heterocycles. The van der Waals surface area contributed by atoms with Gasteiger partial charge < -0.3 is 0 Å². The molecule has 0 bridgehead atoms. The summed E-state index contributed by atoms with van der Waals surface area (Å²) < 4.78 is 14.2. The maximum atomic E-state index is 13.3. The molecule has 2 nitrogen and oxygen atoms in total. The average Bonchev–Trinajstić information content (AvgIpc) is 2.48. The van der Waals surface area contributed by atoms with E-state index in [1.165, 1.54) is 17.2 Å². The number of nitrogens with two attached hydrogens (primary N) is 1. The fourth-order valence-corrected chi connectivity index (χ4v) is 2.71. The molecule has 0 radical (unpaired) electrons. The van der Waals surface area contributed by atoms with E-state index in [1.807, 2.05) is 0 Å². The average molecular weight is 351 g/mol. The summed E-state index contributed by atoms with van der Waals surface area (Å²) in [7, 11) is 0. The molecule has 0 aliphatic heterocycles. The third-order valence-electron chi connectivity index (χ3n) is 3.61. The van der Waals surface area contributed by atoms with Gasteiger partial charge in [-0.1, -0.05) is 45.8 Å². The van der Waals surface area contributed by atoms with Crippen LogP contribution >= 0.6 is 15.9 Å². The lowest BCUT2D eigenvalue weighted by Crippen LogP contribution is -2.37. The molecule has 2 aromatic rings. The number of nitrogens with one attached hydrogen (secondary N) is 1. The maximum absolute atomic E-state index is 13.3. The molecule has 2 aromatic carbocycles. The zero-order chi connectivity index (χ0) is 15.2. The Morgan fingerprint density at radius 1 is 1.19 bits per heavy atom. The van der Waals surface area contributed by atoms with Crippen molar-refractivity contribution in [1.82, 2.24) is 5.43 Å². The summed E-state index contributed by atoms with van der Waals surface area (Å²) in [5.41, 5.74) is 6.32. The molecule has 0 fully saturated rings. The highest BCUT2D eigenvalue weighted by Gasteiger charge is 2.11. The summed E-state index contributed by atoms with van der Waals surface area (Å²) in [6, 6.07) is 13.4. The van der Waals surface area contributed by atoms with Gasteiger partial charge >= 0.3 is 0 Å². The first-order chi connectivity index (χ1) is 10.1. The lowest BCUT2D eigenvalue weighted by molar-refractivity contribution is 0.489. The molecule has 0 heterocycles. The van der Waals surface area contributed by atoms with Crippen molar-refractivity contribution < 1.29 is 4.39 Å². The fraction of sp³-hybridized carbons (Fsp3) is 0.294. The molecule has 0 amide bonds. The first-order valence-corrected chi connectivity index (χ1v) is 7.83. The standard InChI is InChI=1S/C17H20BrFN2/c1-12-2-4-13(5-3-12)6-8-16(21-20)11-14-10-15(19)7-9-17(14)18/h2-5,7,9-10,16,21H,6,8,11,20H2,1H3. The predicted molar refractivity (Wildman–Crippen MR) is 88.4 cm³/mol. The van der Waals surface area contributed by atoms with Gasteiger partial charge in [-0.15, -0.1) is 0 Å². The van der Waals surface area contributed by atoms with Crippen LogP contribution in [0, 0.1) is 12.7 Å². The van der Waals surface area contributed by atoms with Gasteiger partial charge in [-0.3, -0.25) is 11.3 Å². The number of aryl methyl sites for hydroxylation is 2. The van der Waals surface area contributed by atoms with Crippen LogP contribution in [0.4, 0.5) is 4.39 Å². The molecule has 0 spiro atoms. The highest BCUT2D eigenvalue weighted by Crippen LogP contribution is 2.20. The lowest BCUT2D eigenvalue weighted by Gasteiger charge is -2.17. The van der Waals surface area contributed by atoms with Crippen molar-refractivity contribution in [3.8, 4) is 0 Å². The van der Waals surface area contributed by atoms with Crippen LogP contribution < -0.4 is 11.3 Å². The smallest absolute Gasteiger partial charge is 0.123 e. The second kappa shape index (κ2) is 7.69. The van der Waals surface area contributed by atoms with Gasteiger partial charge in [-0.25, -0.2) is 4.39 Å². The van der Waals surface area contributed by atoms with Gasteiger partial charge in [0, 0.05) is 10.5 Å². The van der Waals surface area contributed by atoms with Crippen molar-refractivity contribution in [2.24, 2.45) is 5.84 Å². The first kappa shape index (κ1) is 16.1. The van der Waals surface area contributed by atoms with Crippen LogP contribution in [0.1, 0.15) is 23.1 Å². The minimum absolute atomic E-state index is 0.115. The van der Waals surface area contributed by atoms with Gasteiger partial charge in [0.05, 0.1) is 0 Å². The highest BCUT2D eigenvalue weighted by molar-refractivity contribution is 9.10. The van der Waals surface area contributed by atoms with E-state index < -0.39 is 0 Å². The molecule has 1 unspecified atom stereocenters. The van der Waals surface area contributed by atoms with Gasteiger partial charge in [-0.05, 0) is 55.5 Å². The summed E-state index contributed by atoms with van der Waals surface area (Å²) in [6.07, 6.45) is 2.55. The van der Waals surface area contributed by atoms with Crippen molar-refractivity contribution in [3.63, 3.8) is 0 Å². The van der Waals surface area contributed by atoms with Crippen LogP contribution in [-0.2, 0) is 12.8 Å². The quantitative estimate of drug-likeness (QED) is 0.612. The second-order valence-corrected chi connectivity index (χ2v) is 6.18. The molecule has 0 aliphatic carbocycles. The second-order valence-electron chi connectivity index (χ2n) is 5.33. The van der Waals surface area contributed by atoms with E-state index in [2.05, 4.69) is 52.5 Å². The Bertz CT molecular complexity index is 584. The molecule has 0 saturated carbocycles. The van der Waals surface area contributed by atoms with Crippen molar-refractivity contribution in [3.05, 3.63) is 69.4 Å². The SMILES string of the molecule is Cc1ccc(CCC(Cc2cc(F)ccc2Br)NN)cc1. The molecule has 0 aliphatic rings. The largest absolute Gasteiger partial charge is 0.271 e. The van der Waals surface area contributed by atoms with E-state index >= 15 is 0 Å². The third kappa shape index (κ3) is 4.92.